The Morgan fingerprint density at radius 3 is 2.47 bits per heavy atom. The van der Waals surface area contributed by atoms with Gasteiger partial charge in [0.1, 0.15) is 11.5 Å². The second kappa shape index (κ2) is 8.32. The molecule has 1 aliphatic rings. The fraction of sp³-hybridized carbons (Fsp3) is 0.304. The fourth-order valence-electron chi connectivity index (χ4n) is 3.84. The van der Waals surface area contributed by atoms with Crippen LogP contribution in [0.5, 0.6) is 0 Å². The van der Waals surface area contributed by atoms with Gasteiger partial charge in [-0.3, -0.25) is 9.59 Å². The molecule has 4 rings (SSSR count). The molecule has 0 saturated heterocycles. The van der Waals surface area contributed by atoms with E-state index in [0.717, 1.165) is 23.0 Å². The summed E-state index contributed by atoms with van der Waals surface area (Å²) in [6, 6.07) is 8.44. The highest BCUT2D eigenvalue weighted by molar-refractivity contribution is 6.26. The SMILES string of the molecule is CC(C)CN1C(=O)C(O)(c2cn(Cc3ccc(C(F)(F)F)cc3F)nn2)C(=O)c2ccccc21. The number of para-hydroxylation sites is 1. The maximum atomic E-state index is 14.2. The number of hydrogen-bond donors (Lipinski definition) is 1. The summed E-state index contributed by atoms with van der Waals surface area (Å²) >= 11 is 0. The molecule has 1 N–H and O–H groups in total. The van der Waals surface area contributed by atoms with Crippen LogP contribution in [0.3, 0.4) is 0 Å². The number of Topliss-reactive ketones (excluding diaryl/α,β-unsaturated/α-hetero) is 1. The van der Waals surface area contributed by atoms with Crippen molar-refractivity contribution in [2.75, 3.05) is 11.4 Å². The average Bonchev–Trinajstić information content (AvgIpc) is 3.25. The summed E-state index contributed by atoms with van der Waals surface area (Å²) in [4.78, 5) is 27.8. The molecule has 7 nitrogen and oxygen atoms in total. The normalized spacial score (nSPS) is 18.5. The van der Waals surface area contributed by atoms with E-state index in [9.17, 15) is 32.3 Å². The Morgan fingerprint density at radius 2 is 1.82 bits per heavy atom. The summed E-state index contributed by atoms with van der Waals surface area (Å²) in [5, 5.41) is 18.8. The number of amides is 1. The molecule has 34 heavy (non-hydrogen) atoms. The van der Waals surface area contributed by atoms with E-state index in [0.29, 0.717) is 11.8 Å². The van der Waals surface area contributed by atoms with Crippen molar-refractivity contribution in [1.29, 1.82) is 0 Å². The van der Waals surface area contributed by atoms with Gasteiger partial charge in [-0.15, -0.1) is 5.10 Å². The quantitative estimate of drug-likeness (QED) is 0.450. The van der Waals surface area contributed by atoms with Crippen LogP contribution in [-0.4, -0.2) is 38.3 Å². The second-order valence-electron chi connectivity index (χ2n) is 8.47. The molecule has 0 aliphatic carbocycles. The number of alkyl halides is 3. The molecule has 1 atom stereocenters. The van der Waals surface area contributed by atoms with Gasteiger partial charge in [0.15, 0.2) is 0 Å². The van der Waals surface area contributed by atoms with Gasteiger partial charge in [0.2, 0.25) is 5.78 Å². The summed E-state index contributed by atoms with van der Waals surface area (Å²) in [6.07, 6.45) is -3.59. The molecular weight excluding hydrogens is 456 g/mol. The van der Waals surface area contributed by atoms with Gasteiger partial charge >= 0.3 is 6.18 Å². The Hall–Kier alpha value is -3.60. The van der Waals surface area contributed by atoms with E-state index in [4.69, 9.17) is 0 Å². The van der Waals surface area contributed by atoms with Crippen LogP contribution < -0.4 is 4.90 Å². The molecule has 0 saturated carbocycles. The lowest BCUT2D eigenvalue weighted by Crippen LogP contribution is -2.57. The van der Waals surface area contributed by atoms with Crippen molar-refractivity contribution in [2.45, 2.75) is 32.2 Å². The van der Waals surface area contributed by atoms with Crippen molar-refractivity contribution in [3.8, 4) is 0 Å². The number of halogens is 4. The number of fused-ring (bicyclic) bond motifs is 1. The van der Waals surface area contributed by atoms with Crippen LogP contribution in [0.15, 0.2) is 48.7 Å². The summed E-state index contributed by atoms with van der Waals surface area (Å²) in [5.74, 6) is -2.85. The third kappa shape index (κ3) is 3.96. The fourth-order valence-corrected chi connectivity index (χ4v) is 3.84. The van der Waals surface area contributed by atoms with Gasteiger partial charge in [-0.05, 0) is 30.2 Å². The summed E-state index contributed by atoms with van der Waals surface area (Å²) in [7, 11) is 0. The molecule has 1 unspecified atom stereocenters. The first kappa shape index (κ1) is 23.6. The standard InChI is InChI=1S/C23H20F4N4O3/c1-13(2)10-31-18-6-4-3-5-16(18)20(32)22(34,21(31)33)19-12-30(29-28-19)11-14-7-8-15(9-17(14)24)23(25,26)27/h3-9,12-13,34H,10-11H2,1-2H3. The van der Waals surface area contributed by atoms with Crippen LogP contribution in [0.2, 0.25) is 0 Å². The van der Waals surface area contributed by atoms with Crippen molar-refractivity contribution >= 4 is 17.4 Å². The topological polar surface area (TPSA) is 88.3 Å². The number of aromatic nitrogens is 3. The van der Waals surface area contributed by atoms with Crippen molar-refractivity contribution in [3.63, 3.8) is 0 Å². The number of aliphatic hydroxyl groups is 1. The van der Waals surface area contributed by atoms with Crippen molar-refractivity contribution in [2.24, 2.45) is 5.92 Å². The first-order valence-corrected chi connectivity index (χ1v) is 10.4. The van der Waals surface area contributed by atoms with E-state index in [-0.39, 0.29) is 35.8 Å². The lowest BCUT2D eigenvalue weighted by molar-refractivity contribution is -0.137. The lowest BCUT2D eigenvalue weighted by Gasteiger charge is -2.37. The number of carbonyl (C=O) groups excluding carboxylic acids is 2. The van der Waals surface area contributed by atoms with Crippen molar-refractivity contribution in [3.05, 3.63) is 76.9 Å². The van der Waals surface area contributed by atoms with Crippen LogP contribution in [0.4, 0.5) is 23.2 Å². The zero-order chi connectivity index (χ0) is 24.8. The minimum Gasteiger partial charge on any atom is -0.368 e. The van der Waals surface area contributed by atoms with E-state index >= 15 is 0 Å². The minimum atomic E-state index is -4.69. The van der Waals surface area contributed by atoms with Crippen LogP contribution >= 0.6 is 0 Å². The molecule has 1 aromatic heterocycles. The maximum absolute atomic E-state index is 14.2. The Bertz CT molecular complexity index is 1270. The zero-order valence-electron chi connectivity index (χ0n) is 18.2. The van der Waals surface area contributed by atoms with E-state index in [1.54, 1.807) is 18.2 Å². The van der Waals surface area contributed by atoms with Gasteiger partial charge in [0.05, 0.1) is 24.0 Å². The van der Waals surface area contributed by atoms with E-state index in [1.807, 2.05) is 13.8 Å². The number of rotatable bonds is 5. The molecular formula is C23H20F4N4O3. The summed E-state index contributed by atoms with van der Waals surface area (Å²) in [5.41, 5.74) is -3.77. The molecule has 0 bridgehead atoms. The van der Waals surface area contributed by atoms with Gasteiger partial charge in [-0.1, -0.05) is 37.3 Å². The van der Waals surface area contributed by atoms with Crippen LogP contribution in [0, 0.1) is 11.7 Å². The van der Waals surface area contributed by atoms with Crippen molar-refractivity contribution < 1.29 is 32.3 Å². The Labute approximate surface area is 191 Å². The van der Waals surface area contributed by atoms with Crippen LogP contribution in [0.25, 0.3) is 0 Å². The monoisotopic (exact) mass is 476 g/mol. The van der Waals surface area contributed by atoms with Gasteiger partial charge < -0.3 is 10.0 Å². The smallest absolute Gasteiger partial charge is 0.368 e. The molecule has 11 heteroatoms. The number of benzene rings is 2. The molecule has 2 heterocycles. The Kier molecular flexibility index (Phi) is 5.76. The second-order valence-corrected chi connectivity index (χ2v) is 8.47. The molecule has 0 fully saturated rings. The van der Waals surface area contributed by atoms with Gasteiger partial charge in [0.25, 0.3) is 11.5 Å². The summed E-state index contributed by atoms with van der Waals surface area (Å²) < 4.78 is 53.6. The highest BCUT2D eigenvalue weighted by Crippen LogP contribution is 2.38. The molecule has 0 spiro atoms. The van der Waals surface area contributed by atoms with Gasteiger partial charge in [-0.25, -0.2) is 9.07 Å². The molecule has 2 aromatic carbocycles. The number of hydrogen-bond acceptors (Lipinski definition) is 5. The number of carbonyl (C=O) groups is 2. The number of nitrogens with zero attached hydrogens (tertiary/aromatic N) is 4. The predicted molar refractivity (Wildman–Crippen MR) is 112 cm³/mol. The van der Waals surface area contributed by atoms with Crippen molar-refractivity contribution in [1.82, 2.24) is 15.0 Å². The Balaban J connectivity index is 1.69. The average molecular weight is 476 g/mol. The first-order chi connectivity index (χ1) is 15.9. The molecule has 0 radical (unpaired) electrons. The van der Waals surface area contributed by atoms with Gasteiger partial charge in [0, 0.05) is 17.7 Å². The maximum Gasteiger partial charge on any atom is 0.416 e. The molecule has 3 aromatic rings. The highest BCUT2D eigenvalue weighted by Gasteiger charge is 2.55. The third-order valence-electron chi connectivity index (χ3n) is 5.49. The largest absolute Gasteiger partial charge is 0.416 e. The lowest BCUT2D eigenvalue weighted by atomic mass is 9.83. The number of ketones is 1. The first-order valence-electron chi connectivity index (χ1n) is 10.4. The van der Waals surface area contributed by atoms with E-state index < -0.39 is 34.8 Å². The summed E-state index contributed by atoms with van der Waals surface area (Å²) in [6.45, 7) is 3.65. The van der Waals surface area contributed by atoms with Crippen LogP contribution in [0.1, 0.15) is 41.0 Å². The zero-order valence-corrected chi connectivity index (χ0v) is 18.2. The van der Waals surface area contributed by atoms with E-state index in [2.05, 4.69) is 10.3 Å². The third-order valence-corrected chi connectivity index (χ3v) is 5.49. The highest BCUT2D eigenvalue weighted by atomic mass is 19.4. The van der Waals surface area contributed by atoms with Crippen LogP contribution in [-0.2, 0) is 23.1 Å². The molecule has 1 amide bonds. The molecule has 178 valence electrons. The predicted octanol–water partition coefficient (Wildman–Crippen LogP) is 3.56. The minimum absolute atomic E-state index is 0.0211. The Morgan fingerprint density at radius 1 is 1.12 bits per heavy atom. The van der Waals surface area contributed by atoms with Gasteiger partial charge in [-0.2, -0.15) is 13.2 Å². The number of anilines is 1. The van der Waals surface area contributed by atoms with E-state index in [1.165, 1.54) is 11.0 Å². The molecule has 1 aliphatic heterocycles.